The molecule has 0 aromatic heterocycles. The van der Waals surface area contributed by atoms with Gasteiger partial charge in [0.25, 0.3) is 0 Å². The zero-order chi connectivity index (χ0) is 95.5. The minimum atomic E-state index is -0.0219. The van der Waals surface area contributed by atoms with E-state index in [4.69, 9.17) is 129 Å². The summed E-state index contributed by atoms with van der Waals surface area (Å²) in [6.07, 6.45) is 10.5. The van der Waals surface area contributed by atoms with Gasteiger partial charge in [0.1, 0.15) is 48.6 Å². The van der Waals surface area contributed by atoms with Crippen LogP contribution >= 0.6 is 140 Å². The smallest absolute Gasteiger partial charge is 0.542 e. The van der Waals surface area contributed by atoms with Crippen molar-refractivity contribution in [2.24, 2.45) is 47.3 Å². The fourth-order valence-electron chi connectivity index (χ4n) is 14.0. The number of hydrogen-bond donors (Lipinski definition) is 3. The van der Waals surface area contributed by atoms with Crippen LogP contribution in [0, 0.1) is 93.6 Å². The van der Waals surface area contributed by atoms with Crippen molar-refractivity contribution in [2.75, 3.05) is 77.6 Å². The van der Waals surface area contributed by atoms with Gasteiger partial charge in [0.15, 0.2) is 0 Å². The SMILES string of the molecule is CCCOc1cc(SC2C[C@@H](C)[CH-]O2)ccc1Cl.CNc1cccc(SC2C[C@@H](C)[CH-]O2)c1.COCCOc1cc(SC2C[C@@H](C)[CH-]O2)ccc1Cl.C[C@H]1[CH-]OC(Sc2ccc(Cl)c(OCC3CCOCC3)c2)C1.C[C@H]1[CH-]OC(Sc2ccc(Cl)c(OCCO)c2)C1.C[C@H]1[CH-]OC(Sc2ccc(Cl)c(OCc3ccccc3)c2)C1.C[C@H]1[CH-]OC(Sc2cccc(NCc3ccccc3)c2)C1.[Cs+].[Cs+].[Cs+].[Cs+].[Cs+].[Cs+].[Cs+]. The summed E-state index contributed by atoms with van der Waals surface area (Å²) in [5.74, 6) is 7.83. The summed E-state index contributed by atoms with van der Waals surface area (Å²) in [6, 6.07) is 66.6. The molecule has 14 atom stereocenters. The summed E-state index contributed by atoms with van der Waals surface area (Å²) in [4.78, 5) is 8.05. The van der Waals surface area contributed by atoms with Gasteiger partial charge in [-0.3, -0.25) is 0 Å². The second-order valence-electron chi connectivity index (χ2n) is 33.7. The minimum Gasteiger partial charge on any atom is -0.542 e. The first-order chi connectivity index (χ1) is 65.5. The maximum absolute atomic E-state index is 8.75. The first-order valence-electron chi connectivity index (χ1n) is 46.1. The van der Waals surface area contributed by atoms with E-state index in [9.17, 15) is 0 Å². The largest absolute Gasteiger partial charge is 1.00 e. The van der Waals surface area contributed by atoms with Gasteiger partial charge in [0.2, 0.25) is 0 Å². The van der Waals surface area contributed by atoms with Crippen molar-refractivity contribution >= 4 is 152 Å². The van der Waals surface area contributed by atoms with E-state index in [1.165, 1.54) is 15.4 Å². The molecule has 8 saturated heterocycles. The number of ether oxygens (including phenoxy) is 14. The fourth-order valence-corrected chi connectivity index (χ4v) is 23.0. The summed E-state index contributed by atoms with van der Waals surface area (Å²) in [5, 5.41) is 18.5. The van der Waals surface area contributed by atoms with E-state index in [2.05, 4.69) is 139 Å². The molecular formula is C106H128Cl5Cs7N2O15S7. The molecule has 9 aromatic carbocycles. The Hall–Kier alpha value is 9.44. The van der Waals surface area contributed by atoms with Gasteiger partial charge in [-0.1, -0.05) is 269 Å². The third-order valence-corrected chi connectivity index (χ3v) is 30.5. The molecule has 8 heterocycles. The minimum absolute atomic E-state index is 0. The van der Waals surface area contributed by atoms with Crippen molar-refractivity contribution in [3.63, 3.8) is 0 Å². The van der Waals surface area contributed by atoms with Gasteiger partial charge in [-0.05, 0) is 209 Å². The van der Waals surface area contributed by atoms with Gasteiger partial charge < -0.3 is 82.1 Å². The molecule has 8 aliphatic rings. The van der Waals surface area contributed by atoms with E-state index in [0.717, 1.165) is 137 Å². The zero-order valence-corrected chi connectivity index (χ0v) is 139. The number of benzene rings is 9. The topological polar surface area (TPSA) is 174 Å². The molecule has 0 amide bonds. The van der Waals surface area contributed by atoms with Gasteiger partial charge in [-0.15, -0.1) is 41.4 Å². The molecule has 0 spiro atoms. The van der Waals surface area contributed by atoms with Crippen molar-refractivity contribution in [1.82, 2.24) is 0 Å². The van der Waals surface area contributed by atoms with Crippen LogP contribution in [0.3, 0.4) is 0 Å². The Labute approximate surface area is 1310 Å². The second kappa shape index (κ2) is 83.6. The second-order valence-corrected chi connectivity index (χ2v) is 44.4. The maximum Gasteiger partial charge on any atom is 1.00 e. The maximum atomic E-state index is 8.75. The number of thioether (sulfide) groups is 7. The molecule has 17 rings (SSSR count). The van der Waals surface area contributed by atoms with Crippen molar-refractivity contribution in [3.8, 4) is 28.7 Å². The predicted molar refractivity (Wildman–Crippen MR) is 561 cm³/mol. The molecular weight excluding hydrogens is 2870 g/mol. The summed E-state index contributed by atoms with van der Waals surface area (Å²) >= 11 is 42.8. The number of aliphatic hydroxyl groups is 1. The number of hydrogen-bond acceptors (Lipinski definition) is 24. The van der Waals surface area contributed by atoms with Gasteiger partial charge in [-0.2, -0.15) is 0 Å². The van der Waals surface area contributed by atoms with E-state index >= 15 is 0 Å². The molecule has 17 nitrogen and oxygen atoms in total. The summed E-state index contributed by atoms with van der Waals surface area (Å²) in [7, 11) is 3.58. The Balaban J connectivity index is 0.000000344. The van der Waals surface area contributed by atoms with Crippen LogP contribution in [0.5, 0.6) is 28.7 Å². The van der Waals surface area contributed by atoms with Crippen LogP contribution in [0.4, 0.5) is 11.4 Å². The Morgan fingerprint density at radius 1 is 0.338 bits per heavy atom. The van der Waals surface area contributed by atoms with E-state index in [0.29, 0.717) is 123 Å². The average molecular weight is 3000 g/mol. The number of nitrogens with one attached hydrogen (secondary N) is 2. The Morgan fingerprint density at radius 3 is 0.944 bits per heavy atom. The predicted octanol–water partition coefficient (Wildman–Crippen LogP) is 9.78. The normalized spacial score (nSPS) is 22.1. The van der Waals surface area contributed by atoms with E-state index < -0.39 is 0 Å². The number of rotatable bonds is 34. The Bertz CT molecular complexity index is 4860. The van der Waals surface area contributed by atoms with Crippen molar-refractivity contribution in [1.29, 1.82) is 0 Å². The van der Waals surface area contributed by atoms with Gasteiger partial charge >= 0.3 is 482 Å². The number of halogens is 5. The zero-order valence-electron chi connectivity index (χ0n) is 85.3. The molecule has 0 aliphatic carbocycles. The van der Waals surface area contributed by atoms with Crippen LogP contribution in [0.15, 0.2) is 234 Å². The quantitative estimate of drug-likeness (QED) is 0.0257. The Morgan fingerprint density at radius 2 is 0.634 bits per heavy atom. The molecule has 0 bridgehead atoms. The molecule has 0 radical (unpaired) electrons. The van der Waals surface area contributed by atoms with Gasteiger partial charge in [0.05, 0.1) is 89.6 Å². The third-order valence-electron chi connectivity index (χ3n) is 21.3. The number of anilines is 2. The summed E-state index contributed by atoms with van der Waals surface area (Å²) < 4.78 is 77.9. The van der Waals surface area contributed by atoms with E-state index in [-0.39, 0.29) is 534 Å². The average Bonchev–Trinajstić information content (AvgIpc) is 1.33. The molecule has 3 N–H and O–H groups in total. The summed E-state index contributed by atoms with van der Waals surface area (Å²) in [5.41, 5.74) is 6.18. The van der Waals surface area contributed by atoms with Crippen LogP contribution in [-0.4, -0.2) is 110 Å². The van der Waals surface area contributed by atoms with E-state index in [1.807, 2.05) is 175 Å². The summed E-state index contributed by atoms with van der Waals surface area (Å²) in [6.45, 7) is 36.4. The van der Waals surface area contributed by atoms with Gasteiger partial charge in [0, 0.05) is 79.6 Å². The van der Waals surface area contributed by atoms with Crippen LogP contribution in [-0.2, 0) is 55.8 Å². The first-order valence-corrected chi connectivity index (χ1v) is 54.2. The van der Waals surface area contributed by atoms with Gasteiger partial charge in [-0.25, -0.2) is 46.2 Å². The molecule has 8 aliphatic heterocycles. The molecule has 8 fully saturated rings. The molecule has 9 aromatic rings. The first kappa shape index (κ1) is 144. The van der Waals surface area contributed by atoms with Crippen molar-refractivity contribution < 1.29 is 554 Å². The van der Waals surface area contributed by atoms with E-state index in [1.54, 1.807) is 95.5 Å². The van der Waals surface area contributed by atoms with Crippen LogP contribution in [0.25, 0.3) is 0 Å². The van der Waals surface area contributed by atoms with Crippen molar-refractivity contribution in [3.05, 3.63) is 283 Å². The molecule has 36 heteroatoms. The molecule has 142 heavy (non-hydrogen) atoms. The van der Waals surface area contributed by atoms with Crippen LogP contribution in [0.1, 0.15) is 131 Å². The van der Waals surface area contributed by atoms with Crippen molar-refractivity contribution in [2.45, 2.75) is 205 Å². The molecule has 0 saturated carbocycles. The van der Waals surface area contributed by atoms with Crippen LogP contribution < -0.4 is 517 Å². The number of aliphatic hydroxyl groups excluding tert-OH is 1. The molecule has 7 unspecified atom stereocenters. The Kier molecular flexibility index (Phi) is 84.6. The third kappa shape index (κ3) is 57.4. The monoisotopic (exact) mass is 3000 g/mol. The fraction of sp³-hybridized carbons (Fsp3) is 0.425. The number of methoxy groups -OCH3 is 1. The van der Waals surface area contributed by atoms with Crippen LogP contribution in [0.2, 0.25) is 25.1 Å². The standard InChI is InChI=1S/C18H18ClO2S.C18H20NOS.C17H22ClO3S.C14H18ClO3S.C14H18ClO2S.C13H16ClO3S.C12H16NOS.7Cs/c1-13-9-18(21-11-13)22-15-7-8-16(19)17(10-15)20-12-14-5-3-2-4-6-14;1-14-10-18(20-13-14)21-17-9-5-8-16(11-17)19-12-15-6-3-2-4-7-15;1-12-8-17(21-10-12)22-14-2-3-15(18)16(9-14)20-11-13-4-6-19-7-5-13;1-10-7-14(18-9-10)19-11-3-4-12(15)13(8-11)17-6-5-16-2;1-3-6-16-13-8-11(4-5-12(13)15)18-14-7-10(2)9-17-14;1-9-6-13(17-8-9)18-10-2-3-11(14)12(7-10)16-5-4-15;1-9-6-12(14-8-9)15-11-5-3-4-10(7-11)13-2;;;;;;;/h2-8,10-11,13,18H,9,12H2,1H3;2-9,11,13-14,18-19H,10,12H2,1H3;2-3,9-10,12-13,17H,4-8,11H2,1H3;3-4,8-10,14H,5-7H2,1-2H3;4-5,8-10,14H,3,6-7H2,1-2H3;2-3,7-9,13,15H,4-6H2,1H3;3-5,7-9,12-13H,6H2,1-2H3;;;;;;;/q7*-1;7*+1/t13-,18?;14-,18?;12-,17?;2*10-,14?;9-,13?;9-,12?;;;;;;;/m1111111......./s1. The molecule has 736 valence electrons.